The maximum Gasteiger partial charge on any atom is 0.419 e. The van der Waals surface area contributed by atoms with E-state index in [-0.39, 0.29) is 29.3 Å². The van der Waals surface area contributed by atoms with E-state index in [2.05, 4.69) is 46.3 Å². The van der Waals surface area contributed by atoms with Crippen LogP contribution in [0.3, 0.4) is 0 Å². The maximum absolute atomic E-state index is 13.8. The summed E-state index contributed by atoms with van der Waals surface area (Å²) >= 11 is 3.38. The van der Waals surface area contributed by atoms with Gasteiger partial charge in [-0.2, -0.15) is 13.2 Å². The lowest BCUT2D eigenvalue weighted by molar-refractivity contribution is -0.137. The summed E-state index contributed by atoms with van der Waals surface area (Å²) in [5.74, 6) is 0.115. The van der Waals surface area contributed by atoms with Gasteiger partial charge in [-0.15, -0.1) is 0 Å². The summed E-state index contributed by atoms with van der Waals surface area (Å²) in [4.78, 5) is 22.6. The lowest BCUT2D eigenvalue weighted by Gasteiger charge is -2.16. The number of rotatable bonds is 4. The predicted molar refractivity (Wildman–Crippen MR) is 117 cm³/mol. The molecule has 1 aromatic carbocycles. The third-order valence-corrected chi connectivity index (χ3v) is 6.19. The second-order valence-corrected chi connectivity index (χ2v) is 8.33. The number of aromatic amines is 1. The van der Waals surface area contributed by atoms with Gasteiger partial charge in [0.2, 0.25) is 5.95 Å². The van der Waals surface area contributed by atoms with Crippen LogP contribution in [0.1, 0.15) is 24.8 Å². The first-order valence-corrected chi connectivity index (χ1v) is 10.6. The quantitative estimate of drug-likeness (QED) is 0.395. The Labute approximate surface area is 189 Å². The van der Waals surface area contributed by atoms with Gasteiger partial charge in [0.15, 0.2) is 0 Å². The fourth-order valence-corrected chi connectivity index (χ4v) is 4.37. The monoisotopic (exact) mass is 512 g/mol. The highest BCUT2D eigenvalue weighted by molar-refractivity contribution is 9.10. The van der Waals surface area contributed by atoms with Crippen molar-refractivity contribution in [2.75, 3.05) is 17.7 Å². The van der Waals surface area contributed by atoms with Gasteiger partial charge in [0.1, 0.15) is 5.56 Å². The zero-order valence-electron chi connectivity index (χ0n) is 16.9. The van der Waals surface area contributed by atoms with Crippen LogP contribution in [-0.4, -0.2) is 40.2 Å². The first-order valence-electron chi connectivity index (χ1n) is 9.78. The number of carbonyl (C=O) groups excluding carboxylic acids is 1. The Balaban J connectivity index is 1.77. The largest absolute Gasteiger partial charge is 0.453 e. The van der Waals surface area contributed by atoms with Gasteiger partial charge in [-0.25, -0.2) is 14.8 Å². The molecule has 0 radical (unpaired) electrons. The number of nitrogens with zero attached hydrogens (tertiary/aromatic N) is 2. The molecular weight excluding hydrogens is 493 g/mol. The molecule has 1 saturated carbocycles. The average molecular weight is 513 g/mol. The van der Waals surface area contributed by atoms with E-state index >= 15 is 0 Å². The number of amides is 1. The van der Waals surface area contributed by atoms with Gasteiger partial charge in [0, 0.05) is 35.4 Å². The molecule has 0 spiro atoms. The lowest BCUT2D eigenvalue weighted by atomic mass is 10.1. The molecule has 170 valence electrons. The summed E-state index contributed by atoms with van der Waals surface area (Å²) in [5.41, 5.74) is 5.88. The number of methoxy groups -OCH3 is 1. The van der Waals surface area contributed by atoms with Crippen molar-refractivity contribution in [3.05, 3.63) is 34.6 Å². The van der Waals surface area contributed by atoms with Crippen LogP contribution in [0.2, 0.25) is 0 Å². The van der Waals surface area contributed by atoms with Gasteiger partial charge in [-0.3, -0.25) is 5.32 Å². The Bertz CT molecular complexity index is 1170. The molecule has 32 heavy (non-hydrogen) atoms. The first kappa shape index (κ1) is 22.3. The van der Waals surface area contributed by atoms with E-state index in [4.69, 9.17) is 5.73 Å². The zero-order valence-corrected chi connectivity index (χ0v) is 18.5. The molecule has 1 aliphatic rings. The molecule has 2 atom stereocenters. The molecule has 0 aliphatic heterocycles. The minimum Gasteiger partial charge on any atom is -0.453 e. The van der Waals surface area contributed by atoms with E-state index in [9.17, 15) is 18.0 Å². The van der Waals surface area contributed by atoms with Crippen LogP contribution in [0.25, 0.3) is 22.2 Å². The van der Waals surface area contributed by atoms with E-state index < -0.39 is 17.8 Å². The summed E-state index contributed by atoms with van der Waals surface area (Å²) in [6.45, 7) is 0. The topological polar surface area (TPSA) is 118 Å². The first-order chi connectivity index (χ1) is 15.2. The Morgan fingerprint density at radius 1 is 1.34 bits per heavy atom. The SMILES string of the molecule is COC(=O)Nc1ccc2c(-c3nc(N[C@@H]4CC[C@H](N)C4)ncc3C(F)(F)F)c[nH]c2c1Br. The van der Waals surface area contributed by atoms with Crippen molar-refractivity contribution in [2.45, 2.75) is 37.5 Å². The van der Waals surface area contributed by atoms with Crippen LogP contribution in [-0.2, 0) is 10.9 Å². The third kappa shape index (κ3) is 4.37. The van der Waals surface area contributed by atoms with Crippen molar-refractivity contribution in [1.82, 2.24) is 15.0 Å². The summed E-state index contributed by atoms with van der Waals surface area (Å²) < 4.78 is 46.3. The summed E-state index contributed by atoms with van der Waals surface area (Å²) in [6.07, 6.45) is -0.730. The molecule has 8 nitrogen and oxygen atoms in total. The molecular formula is C20H20BrF3N6O2. The van der Waals surface area contributed by atoms with Crippen LogP contribution >= 0.6 is 15.9 Å². The summed E-state index contributed by atoms with van der Waals surface area (Å²) in [6, 6.07) is 3.23. The van der Waals surface area contributed by atoms with Crippen molar-refractivity contribution < 1.29 is 22.7 Å². The molecule has 1 aliphatic carbocycles. The number of nitrogens with one attached hydrogen (secondary N) is 3. The van der Waals surface area contributed by atoms with Gasteiger partial charge < -0.3 is 20.8 Å². The van der Waals surface area contributed by atoms with Crippen molar-refractivity contribution in [3.8, 4) is 11.3 Å². The molecule has 4 rings (SSSR count). The number of alkyl halides is 3. The normalized spacial score (nSPS) is 18.7. The highest BCUT2D eigenvalue weighted by Crippen LogP contribution is 2.41. The molecule has 1 amide bonds. The zero-order chi connectivity index (χ0) is 23.0. The fourth-order valence-electron chi connectivity index (χ4n) is 3.81. The summed E-state index contributed by atoms with van der Waals surface area (Å²) in [7, 11) is 1.23. The maximum atomic E-state index is 13.8. The van der Waals surface area contributed by atoms with Crippen molar-refractivity contribution in [1.29, 1.82) is 0 Å². The number of H-pyrrole nitrogens is 1. The van der Waals surface area contributed by atoms with Crippen LogP contribution in [0.4, 0.5) is 29.6 Å². The van der Waals surface area contributed by atoms with E-state index in [0.29, 0.717) is 27.5 Å². The van der Waals surface area contributed by atoms with Gasteiger partial charge in [0.05, 0.1) is 28.5 Å². The lowest BCUT2D eigenvalue weighted by Crippen LogP contribution is -2.22. The molecule has 0 bridgehead atoms. The Morgan fingerprint density at radius 3 is 2.78 bits per heavy atom. The van der Waals surface area contributed by atoms with Crippen molar-refractivity contribution in [2.24, 2.45) is 5.73 Å². The summed E-state index contributed by atoms with van der Waals surface area (Å²) in [5, 5.41) is 6.13. The number of fused-ring (bicyclic) bond motifs is 1. The number of anilines is 2. The number of hydrogen-bond donors (Lipinski definition) is 4. The third-order valence-electron chi connectivity index (χ3n) is 5.37. The molecule has 0 unspecified atom stereocenters. The molecule has 5 N–H and O–H groups in total. The van der Waals surface area contributed by atoms with E-state index in [0.717, 1.165) is 19.0 Å². The van der Waals surface area contributed by atoms with Crippen LogP contribution in [0.15, 0.2) is 29.0 Å². The molecule has 12 heteroatoms. The number of ether oxygens (including phenoxy) is 1. The Morgan fingerprint density at radius 2 is 2.12 bits per heavy atom. The number of hydrogen-bond acceptors (Lipinski definition) is 6. The fraction of sp³-hybridized carbons (Fsp3) is 0.350. The minimum absolute atomic E-state index is 0.0126. The number of benzene rings is 1. The van der Waals surface area contributed by atoms with Crippen molar-refractivity contribution in [3.63, 3.8) is 0 Å². The van der Waals surface area contributed by atoms with Crippen LogP contribution in [0, 0.1) is 0 Å². The standard InChI is InChI=1S/C20H20BrF3N6O2/c1-32-19(31)29-14-5-4-11-12(7-26-17(11)15(14)21)16-13(20(22,23)24)8-27-18(30-16)28-10-3-2-9(25)6-10/h4-5,7-10,26H,2-3,6,25H2,1H3,(H,29,31)(H,27,28,30)/t9-,10+/m0/s1. The van der Waals surface area contributed by atoms with E-state index in [1.165, 1.54) is 13.3 Å². The average Bonchev–Trinajstić information content (AvgIpc) is 3.35. The number of carbonyl (C=O) groups is 1. The number of nitrogens with two attached hydrogens (primary N) is 1. The van der Waals surface area contributed by atoms with Crippen LogP contribution in [0.5, 0.6) is 0 Å². The van der Waals surface area contributed by atoms with Gasteiger partial charge >= 0.3 is 12.3 Å². The highest BCUT2D eigenvalue weighted by atomic mass is 79.9. The van der Waals surface area contributed by atoms with E-state index in [1.807, 2.05) is 0 Å². The number of aromatic nitrogens is 3. The Kier molecular flexibility index (Phi) is 5.99. The molecule has 0 saturated heterocycles. The van der Waals surface area contributed by atoms with Crippen molar-refractivity contribution >= 4 is 44.6 Å². The van der Waals surface area contributed by atoms with Gasteiger partial charge in [-0.05, 0) is 41.3 Å². The highest BCUT2D eigenvalue weighted by Gasteiger charge is 2.36. The van der Waals surface area contributed by atoms with Gasteiger partial charge in [-0.1, -0.05) is 6.07 Å². The molecule has 2 heterocycles. The second-order valence-electron chi connectivity index (χ2n) is 7.54. The minimum atomic E-state index is -4.64. The second kappa shape index (κ2) is 8.58. The van der Waals surface area contributed by atoms with E-state index in [1.54, 1.807) is 12.1 Å². The van der Waals surface area contributed by atoms with Crippen LogP contribution < -0.4 is 16.4 Å². The van der Waals surface area contributed by atoms with Gasteiger partial charge in [0.25, 0.3) is 0 Å². The molecule has 2 aromatic heterocycles. The predicted octanol–water partition coefficient (Wildman–Crippen LogP) is 4.88. The molecule has 3 aromatic rings. The number of halogens is 4. The smallest absolute Gasteiger partial charge is 0.419 e. The Hall–Kier alpha value is -2.86. The molecule has 1 fully saturated rings.